The van der Waals surface area contributed by atoms with Crippen LogP contribution in [0.5, 0.6) is 0 Å². The first-order valence-electron chi connectivity index (χ1n) is 8.34. The highest BCUT2D eigenvalue weighted by Gasteiger charge is 2.52. The molecule has 0 N–H and O–H groups in total. The van der Waals surface area contributed by atoms with Gasteiger partial charge in [-0.2, -0.15) is 0 Å². The van der Waals surface area contributed by atoms with Crippen LogP contribution < -0.4 is 0 Å². The smallest absolute Gasteiger partial charge is 0.115 e. The van der Waals surface area contributed by atoms with Crippen LogP contribution >= 0.6 is 0 Å². The molecule has 4 saturated carbocycles. The highest BCUT2D eigenvalue weighted by molar-refractivity contribution is 5.21. The number of hydrogen-bond acceptors (Lipinski definition) is 1. The molecule has 4 aliphatic carbocycles. The van der Waals surface area contributed by atoms with Gasteiger partial charge in [-0.25, -0.2) is 4.98 Å². The van der Waals surface area contributed by atoms with Crippen LogP contribution in [0.4, 0.5) is 0 Å². The Labute approximate surface area is 115 Å². The fraction of sp³-hybridized carbons (Fsp3) is 0.824. The predicted molar refractivity (Wildman–Crippen MR) is 75.0 cm³/mol. The number of aromatic nitrogens is 2. The molecule has 0 atom stereocenters. The minimum absolute atomic E-state index is 0.476. The van der Waals surface area contributed by atoms with Gasteiger partial charge in [0.15, 0.2) is 0 Å². The Morgan fingerprint density at radius 3 is 2.21 bits per heavy atom. The van der Waals surface area contributed by atoms with Crippen molar-refractivity contribution >= 4 is 0 Å². The Balaban J connectivity index is 1.60. The molecule has 19 heavy (non-hydrogen) atoms. The lowest BCUT2D eigenvalue weighted by atomic mass is 9.82. The van der Waals surface area contributed by atoms with Crippen LogP contribution in [0.1, 0.15) is 70.0 Å². The average Bonchev–Trinajstić information content (AvgIpc) is 3.21. The van der Waals surface area contributed by atoms with Gasteiger partial charge in [0, 0.05) is 23.3 Å². The molecule has 0 aromatic carbocycles. The summed E-state index contributed by atoms with van der Waals surface area (Å²) in [6, 6.07) is 0. The summed E-state index contributed by atoms with van der Waals surface area (Å²) in [6.45, 7) is 0. The lowest BCUT2D eigenvalue weighted by Crippen LogP contribution is -2.35. The normalized spacial score (nSPS) is 47.4. The second-order valence-corrected chi connectivity index (χ2v) is 7.92. The second-order valence-electron chi connectivity index (χ2n) is 7.92. The van der Waals surface area contributed by atoms with E-state index in [1.54, 1.807) is 0 Å². The van der Waals surface area contributed by atoms with Crippen LogP contribution in [-0.4, -0.2) is 9.55 Å². The molecule has 1 aromatic rings. The third-order valence-electron chi connectivity index (χ3n) is 7.07. The van der Waals surface area contributed by atoms with Crippen molar-refractivity contribution in [3.8, 4) is 0 Å². The maximum Gasteiger partial charge on any atom is 0.115 e. The van der Waals surface area contributed by atoms with E-state index in [0.717, 1.165) is 11.8 Å². The average molecular weight is 256 g/mol. The Hall–Kier alpha value is -0.790. The summed E-state index contributed by atoms with van der Waals surface area (Å²) in [7, 11) is 0. The van der Waals surface area contributed by atoms with Gasteiger partial charge >= 0.3 is 0 Å². The van der Waals surface area contributed by atoms with Gasteiger partial charge in [0.2, 0.25) is 0 Å². The van der Waals surface area contributed by atoms with Crippen LogP contribution in [0.2, 0.25) is 0 Å². The van der Waals surface area contributed by atoms with Crippen molar-refractivity contribution in [3.63, 3.8) is 0 Å². The number of fused-ring (bicyclic) bond motifs is 4. The maximum absolute atomic E-state index is 4.89. The van der Waals surface area contributed by atoms with Crippen molar-refractivity contribution in [2.24, 2.45) is 11.8 Å². The van der Waals surface area contributed by atoms with E-state index in [9.17, 15) is 0 Å². The van der Waals surface area contributed by atoms with E-state index in [1.807, 2.05) is 0 Å². The first-order chi connectivity index (χ1) is 9.30. The lowest BCUT2D eigenvalue weighted by Gasteiger charge is -2.35. The standard InChI is InChI=1S/C17H24N2/c1-5-16(6-2-13(1)11-16)15-18-9-10-19(15)17-7-3-14(12-17)4-8-17/h9-10,13-14H,1-8,11-12H2. The van der Waals surface area contributed by atoms with E-state index in [0.29, 0.717) is 11.0 Å². The van der Waals surface area contributed by atoms with Gasteiger partial charge in [0.05, 0.1) is 0 Å². The molecule has 0 aliphatic heterocycles. The largest absolute Gasteiger partial charge is 0.328 e. The molecule has 4 bridgehead atoms. The van der Waals surface area contributed by atoms with E-state index < -0.39 is 0 Å². The first kappa shape index (κ1) is 10.9. The highest BCUT2D eigenvalue weighted by Crippen LogP contribution is 2.58. The molecule has 1 heterocycles. The molecule has 0 spiro atoms. The van der Waals surface area contributed by atoms with Gasteiger partial charge in [0.1, 0.15) is 5.82 Å². The van der Waals surface area contributed by atoms with Crippen molar-refractivity contribution < 1.29 is 0 Å². The third kappa shape index (κ3) is 1.31. The molecule has 2 nitrogen and oxygen atoms in total. The van der Waals surface area contributed by atoms with E-state index in [2.05, 4.69) is 17.0 Å². The number of hydrogen-bond donors (Lipinski definition) is 0. The molecule has 0 radical (unpaired) electrons. The van der Waals surface area contributed by atoms with Gasteiger partial charge in [-0.05, 0) is 76.0 Å². The van der Waals surface area contributed by atoms with Crippen LogP contribution in [0, 0.1) is 11.8 Å². The third-order valence-corrected chi connectivity index (χ3v) is 7.07. The van der Waals surface area contributed by atoms with Crippen molar-refractivity contribution in [1.29, 1.82) is 0 Å². The SMILES string of the molecule is c1cn(C23CCC(CC2)C3)c(C23CCC(CC2)C3)n1. The fourth-order valence-corrected chi connectivity index (χ4v) is 6.08. The molecule has 5 rings (SSSR count). The summed E-state index contributed by atoms with van der Waals surface area (Å²) in [6.07, 6.45) is 18.8. The van der Waals surface area contributed by atoms with Crippen molar-refractivity contribution in [2.75, 3.05) is 0 Å². The Kier molecular flexibility index (Phi) is 1.98. The Morgan fingerprint density at radius 2 is 1.63 bits per heavy atom. The molecule has 2 heteroatoms. The monoisotopic (exact) mass is 256 g/mol. The van der Waals surface area contributed by atoms with Crippen molar-refractivity contribution in [1.82, 2.24) is 9.55 Å². The molecular formula is C17H24N2. The minimum Gasteiger partial charge on any atom is -0.328 e. The summed E-state index contributed by atoms with van der Waals surface area (Å²) < 4.78 is 2.67. The molecule has 1 aromatic heterocycles. The number of rotatable bonds is 2. The lowest BCUT2D eigenvalue weighted by molar-refractivity contribution is 0.257. The zero-order valence-electron chi connectivity index (χ0n) is 11.8. The van der Waals surface area contributed by atoms with Gasteiger partial charge in [-0.3, -0.25) is 0 Å². The topological polar surface area (TPSA) is 17.8 Å². The summed E-state index contributed by atoms with van der Waals surface area (Å²) in [5.74, 6) is 3.52. The quantitative estimate of drug-likeness (QED) is 0.782. The summed E-state index contributed by atoms with van der Waals surface area (Å²) in [5, 5.41) is 0. The fourth-order valence-electron chi connectivity index (χ4n) is 6.08. The second kappa shape index (κ2) is 3.45. The molecule has 102 valence electrons. The minimum atomic E-state index is 0.476. The van der Waals surface area contributed by atoms with E-state index in [4.69, 9.17) is 4.98 Å². The molecule has 4 aliphatic rings. The van der Waals surface area contributed by atoms with Gasteiger partial charge in [-0.15, -0.1) is 0 Å². The highest BCUT2D eigenvalue weighted by atomic mass is 15.2. The summed E-state index contributed by atoms with van der Waals surface area (Å²) in [5.41, 5.74) is 0.954. The first-order valence-corrected chi connectivity index (χ1v) is 8.34. The Morgan fingerprint density at radius 1 is 0.947 bits per heavy atom. The molecule has 0 unspecified atom stereocenters. The summed E-state index contributed by atoms with van der Waals surface area (Å²) >= 11 is 0. The van der Waals surface area contributed by atoms with Gasteiger partial charge < -0.3 is 4.57 Å². The predicted octanol–water partition coefficient (Wildman–Crippen LogP) is 4.00. The summed E-state index contributed by atoms with van der Waals surface area (Å²) in [4.78, 5) is 4.89. The van der Waals surface area contributed by atoms with Crippen LogP contribution in [0.3, 0.4) is 0 Å². The van der Waals surface area contributed by atoms with E-state index in [-0.39, 0.29) is 0 Å². The molecular weight excluding hydrogens is 232 g/mol. The van der Waals surface area contributed by atoms with Crippen molar-refractivity contribution in [2.45, 2.75) is 75.2 Å². The molecule has 4 fully saturated rings. The van der Waals surface area contributed by atoms with Gasteiger partial charge in [-0.1, -0.05) is 0 Å². The zero-order valence-corrected chi connectivity index (χ0v) is 11.8. The van der Waals surface area contributed by atoms with Crippen LogP contribution in [0.25, 0.3) is 0 Å². The zero-order chi connectivity index (χ0) is 12.5. The molecule has 0 saturated heterocycles. The van der Waals surface area contributed by atoms with Crippen LogP contribution in [-0.2, 0) is 11.0 Å². The number of nitrogens with zero attached hydrogens (tertiary/aromatic N) is 2. The Bertz CT molecular complexity index is 455. The van der Waals surface area contributed by atoms with E-state index >= 15 is 0 Å². The van der Waals surface area contributed by atoms with Crippen LogP contribution in [0.15, 0.2) is 12.4 Å². The molecule has 0 amide bonds. The van der Waals surface area contributed by atoms with E-state index in [1.165, 1.54) is 70.0 Å². The van der Waals surface area contributed by atoms with Gasteiger partial charge in [0.25, 0.3) is 0 Å². The van der Waals surface area contributed by atoms with Crippen molar-refractivity contribution in [3.05, 3.63) is 18.2 Å². The maximum atomic E-state index is 4.89. The number of imidazole rings is 1.